The summed E-state index contributed by atoms with van der Waals surface area (Å²) in [4.78, 5) is 41.5. The fraction of sp³-hybridized carbons (Fsp3) is 0.600. The van der Waals surface area contributed by atoms with Crippen molar-refractivity contribution >= 4 is 17.6 Å². The predicted octanol–water partition coefficient (Wildman–Crippen LogP) is 5.42. The zero-order valence-corrected chi connectivity index (χ0v) is 23.3. The van der Waals surface area contributed by atoms with Crippen LogP contribution in [0.15, 0.2) is 41.1 Å². The molecule has 1 saturated carbocycles. The third-order valence-electron chi connectivity index (χ3n) is 7.98. The molecular formula is C30H43N3O5. The van der Waals surface area contributed by atoms with E-state index in [1.54, 1.807) is 19.1 Å². The van der Waals surface area contributed by atoms with Crippen LogP contribution in [0.2, 0.25) is 0 Å². The SMILES string of the molecule is CC[C@H](C)C(CCC(=O)[C@H](CC1CCCCC1)NC(=O)c1ccno1)C(=O)N(C)Cc1ccccc1OC. The summed E-state index contributed by atoms with van der Waals surface area (Å²) in [5, 5.41) is 6.50. The number of nitrogens with one attached hydrogen (secondary N) is 1. The van der Waals surface area contributed by atoms with Gasteiger partial charge in [-0.15, -0.1) is 0 Å². The maximum absolute atomic E-state index is 13.6. The molecule has 0 bridgehead atoms. The van der Waals surface area contributed by atoms with Gasteiger partial charge in [-0.1, -0.05) is 75.7 Å². The number of benzene rings is 1. The fourth-order valence-corrected chi connectivity index (χ4v) is 5.45. The van der Waals surface area contributed by atoms with E-state index >= 15 is 0 Å². The van der Waals surface area contributed by atoms with Gasteiger partial charge in [0.15, 0.2) is 5.78 Å². The summed E-state index contributed by atoms with van der Waals surface area (Å²) in [5.74, 6) is 0.645. The third kappa shape index (κ3) is 8.17. The van der Waals surface area contributed by atoms with E-state index in [1.807, 2.05) is 24.3 Å². The lowest BCUT2D eigenvalue weighted by Crippen LogP contribution is -2.43. The van der Waals surface area contributed by atoms with Crippen LogP contribution >= 0.6 is 0 Å². The van der Waals surface area contributed by atoms with Crippen LogP contribution in [0.5, 0.6) is 5.75 Å². The van der Waals surface area contributed by atoms with Gasteiger partial charge >= 0.3 is 0 Å². The summed E-state index contributed by atoms with van der Waals surface area (Å²) in [7, 11) is 3.43. The second kappa shape index (κ2) is 14.7. The number of ether oxygens (including phenoxy) is 1. The number of hydrogen-bond donors (Lipinski definition) is 1. The van der Waals surface area contributed by atoms with Gasteiger partial charge in [0.05, 0.1) is 19.3 Å². The molecule has 8 nitrogen and oxygen atoms in total. The van der Waals surface area contributed by atoms with Crippen LogP contribution in [0.3, 0.4) is 0 Å². The van der Waals surface area contributed by atoms with Crippen LogP contribution < -0.4 is 10.1 Å². The molecule has 1 fully saturated rings. The molecule has 8 heteroatoms. The van der Waals surface area contributed by atoms with E-state index in [0.717, 1.165) is 43.4 Å². The van der Waals surface area contributed by atoms with Crippen molar-refractivity contribution in [2.45, 2.75) is 84.2 Å². The molecule has 0 radical (unpaired) electrons. The monoisotopic (exact) mass is 525 g/mol. The number of rotatable bonds is 14. The molecule has 1 aromatic heterocycles. The maximum Gasteiger partial charge on any atom is 0.290 e. The molecule has 3 rings (SSSR count). The number of aromatic nitrogens is 1. The molecule has 1 heterocycles. The lowest BCUT2D eigenvalue weighted by atomic mass is 9.82. The summed E-state index contributed by atoms with van der Waals surface area (Å²) >= 11 is 0. The van der Waals surface area contributed by atoms with E-state index in [9.17, 15) is 14.4 Å². The molecule has 0 aliphatic heterocycles. The summed E-state index contributed by atoms with van der Waals surface area (Å²) in [5.41, 5.74) is 0.938. The van der Waals surface area contributed by atoms with E-state index < -0.39 is 11.9 Å². The molecular weight excluding hydrogens is 482 g/mol. The van der Waals surface area contributed by atoms with E-state index in [-0.39, 0.29) is 35.7 Å². The first-order chi connectivity index (χ1) is 18.3. The van der Waals surface area contributed by atoms with Gasteiger partial charge in [-0.3, -0.25) is 14.4 Å². The zero-order chi connectivity index (χ0) is 27.5. The predicted molar refractivity (Wildman–Crippen MR) is 146 cm³/mol. The number of nitrogens with zero attached hydrogens (tertiary/aromatic N) is 2. The number of para-hydroxylation sites is 1. The largest absolute Gasteiger partial charge is 0.496 e. The Labute approximate surface area is 226 Å². The number of carbonyl (C=O) groups excluding carboxylic acids is 3. The van der Waals surface area contributed by atoms with Crippen LogP contribution in [0.25, 0.3) is 0 Å². The highest BCUT2D eigenvalue weighted by atomic mass is 16.5. The third-order valence-corrected chi connectivity index (χ3v) is 7.98. The first kappa shape index (κ1) is 29.4. The second-order valence-corrected chi connectivity index (χ2v) is 10.6. The number of carbonyl (C=O) groups is 3. The van der Waals surface area contributed by atoms with Crippen molar-refractivity contribution < 1.29 is 23.6 Å². The average Bonchev–Trinajstić information content (AvgIpc) is 3.48. The second-order valence-electron chi connectivity index (χ2n) is 10.6. The molecule has 38 heavy (non-hydrogen) atoms. The van der Waals surface area contributed by atoms with Crippen molar-refractivity contribution in [2.75, 3.05) is 14.2 Å². The van der Waals surface area contributed by atoms with Gasteiger partial charge in [0.1, 0.15) is 5.75 Å². The maximum atomic E-state index is 13.6. The molecule has 208 valence electrons. The summed E-state index contributed by atoms with van der Waals surface area (Å²) in [6.07, 6.45) is 9.23. The van der Waals surface area contributed by atoms with Crippen LogP contribution in [0.4, 0.5) is 0 Å². The topological polar surface area (TPSA) is 102 Å². The van der Waals surface area contributed by atoms with Gasteiger partial charge in [-0.05, 0) is 30.7 Å². The molecule has 1 unspecified atom stereocenters. The van der Waals surface area contributed by atoms with Crippen LogP contribution in [0.1, 0.15) is 87.8 Å². The van der Waals surface area contributed by atoms with E-state index in [2.05, 4.69) is 24.3 Å². The highest BCUT2D eigenvalue weighted by molar-refractivity contribution is 5.96. The minimum Gasteiger partial charge on any atom is -0.496 e. The Kier molecular flexibility index (Phi) is 11.4. The molecule has 1 aliphatic rings. The van der Waals surface area contributed by atoms with Crippen LogP contribution in [0, 0.1) is 17.8 Å². The van der Waals surface area contributed by atoms with Crippen LogP contribution in [-0.4, -0.2) is 47.9 Å². The molecule has 0 spiro atoms. The van der Waals surface area contributed by atoms with Crippen molar-refractivity contribution in [3.63, 3.8) is 0 Å². The number of Topliss-reactive ketones (excluding diaryl/α,β-unsaturated/α-hetero) is 1. The minimum absolute atomic E-state index is 0.0209. The van der Waals surface area contributed by atoms with Gasteiger partial charge in [0.2, 0.25) is 11.7 Å². The molecule has 0 saturated heterocycles. The van der Waals surface area contributed by atoms with Gasteiger partial charge in [0, 0.05) is 37.6 Å². The molecule has 1 aliphatic carbocycles. The van der Waals surface area contributed by atoms with E-state index in [1.165, 1.54) is 18.7 Å². The number of hydrogen-bond acceptors (Lipinski definition) is 6. The molecule has 2 aromatic rings. The summed E-state index contributed by atoms with van der Waals surface area (Å²) < 4.78 is 10.5. The first-order valence-corrected chi connectivity index (χ1v) is 13.9. The Morgan fingerprint density at radius 3 is 2.55 bits per heavy atom. The Morgan fingerprint density at radius 1 is 1.16 bits per heavy atom. The van der Waals surface area contributed by atoms with Crippen molar-refractivity contribution in [2.24, 2.45) is 17.8 Å². The molecule has 1 N–H and O–H groups in total. The Balaban J connectivity index is 1.68. The zero-order valence-electron chi connectivity index (χ0n) is 23.3. The highest BCUT2D eigenvalue weighted by Crippen LogP contribution is 2.29. The number of methoxy groups -OCH3 is 1. The average molecular weight is 526 g/mol. The summed E-state index contributed by atoms with van der Waals surface area (Å²) in [6, 6.07) is 8.57. The Bertz CT molecular complexity index is 1030. The van der Waals surface area contributed by atoms with E-state index in [4.69, 9.17) is 9.26 Å². The standard InChI is InChI=1S/C30H43N3O5/c1-5-21(2)24(30(36)33(3)20-23-13-9-10-14-27(23)37-4)15-16-26(34)25(19-22-11-7-6-8-12-22)32-29(35)28-17-18-31-38-28/h9-10,13-14,17-18,21-22,24-25H,5-8,11-12,15-16,19-20H2,1-4H3,(H,32,35)/t21-,24?,25-/m0/s1. The normalized spacial score (nSPS) is 16.3. The van der Waals surface area contributed by atoms with Crippen molar-refractivity contribution in [3.8, 4) is 5.75 Å². The van der Waals surface area contributed by atoms with Gasteiger partial charge in [0.25, 0.3) is 5.91 Å². The quantitative estimate of drug-likeness (QED) is 0.353. The Morgan fingerprint density at radius 2 is 1.89 bits per heavy atom. The minimum atomic E-state index is -0.602. The number of amides is 2. The lowest BCUT2D eigenvalue weighted by Gasteiger charge is -2.29. The lowest BCUT2D eigenvalue weighted by molar-refractivity contribution is -0.137. The van der Waals surface area contributed by atoms with Gasteiger partial charge in [-0.25, -0.2) is 0 Å². The fourth-order valence-electron chi connectivity index (χ4n) is 5.45. The molecule has 1 aromatic carbocycles. The molecule has 2 amide bonds. The smallest absolute Gasteiger partial charge is 0.290 e. The van der Waals surface area contributed by atoms with E-state index in [0.29, 0.717) is 25.3 Å². The van der Waals surface area contributed by atoms with Crippen LogP contribution in [-0.2, 0) is 16.1 Å². The highest BCUT2D eigenvalue weighted by Gasteiger charge is 2.31. The van der Waals surface area contributed by atoms with Gasteiger partial charge < -0.3 is 19.5 Å². The summed E-state index contributed by atoms with van der Waals surface area (Å²) in [6.45, 7) is 4.56. The van der Waals surface area contributed by atoms with Crippen molar-refractivity contribution in [1.29, 1.82) is 0 Å². The number of ketones is 1. The van der Waals surface area contributed by atoms with Gasteiger partial charge in [-0.2, -0.15) is 0 Å². The van der Waals surface area contributed by atoms with Crippen molar-refractivity contribution in [1.82, 2.24) is 15.4 Å². The van der Waals surface area contributed by atoms with Crippen molar-refractivity contribution in [3.05, 3.63) is 47.9 Å². The first-order valence-electron chi connectivity index (χ1n) is 13.9. The Hall–Kier alpha value is -3.16. The molecule has 3 atom stereocenters.